The topological polar surface area (TPSA) is 49.3 Å². The van der Waals surface area contributed by atoms with Gasteiger partial charge in [0, 0.05) is 7.05 Å². The lowest BCUT2D eigenvalue weighted by Crippen LogP contribution is -2.35. The van der Waals surface area contributed by atoms with Crippen molar-refractivity contribution >= 4 is 5.91 Å². The first-order chi connectivity index (χ1) is 4.09. The predicted molar refractivity (Wildman–Crippen MR) is 34.9 cm³/mol. The highest BCUT2D eigenvalue weighted by Gasteiger charge is 2.16. The van der Waals surface area contributed by atoms with Gasteiger partial charge in [0.25, 0.3) is 0 Å². The van der Waals surface area contributed by atoms with E-state index in [9.17, 15) is 4.79 Å². The van der Waals surface area contributed by atoms with Gasteiger partial charge in [0.2, 0.25) is 5.91 Å². The maximum absolute atomic E-state index is 10.6. The molecule has 0 aliphatic heterocycles. The van der Waals surface area contributed by atoms with Crippen LogP contribution < -0.4 is 5.32 Å². The molecule has 0 saturated carbocycles. The molecule has 0 heterocycles. The van der Waals surface area contributed by atoms with E-state index in [-0.39, 0.29) is 11.8 Å². The Morgan fingerprint density at radius 3 is 2.11 bits per heavy atom. The van der Waals surface area contributed by atoms with Crippen molar-refractivity contribution in [3.8, 4) is 0 Å². The van der Waals surface area contributed by atoms with Gasteiger partial charge in [-0.1, -0.05) is 13.8 Å². The smallest absolute Gasteiger partial charge is 0.248 e. The Morgan fingerprint density at radius 2 is 2.00 bits per heavy atom. The molecule has 0 fully saturated rings. The van der Waals surface area contributed by atoms with Gasteiger partial charge in [-0.25, -0.2) is 0 Å². The highest BCUT2D eigenvalue weighted by molar-refractivity contribution is 5.80. The van der Waals surface area contributed by atoms with Crippen LogP contribution in [0.1, 0.15) is 13.8 Å². The standard InChI is InChI=1S/C6H13NO2/c1-4(2)5(8)6(9)7-3/h4-5,8H,1-3H3,(H,7,9)/t5-/m0/s1. The molecular weight excluding hydrogens is 118 g/mol. The van der Waals surface area contributed by atoms with Crippen molar-refractivity contribution in [2.45, 2.75) is 20.0 Å². The van der Waals surface area contributed by atoms with Crippen LogP contribution in [0.5, 0.6) is 0 Å². The van der Waals surface area contributed by atoms with Gasteiger partial charge < -0.3 is 10.4 Å². The van der Waals surface area contributed by atoms with Crippen LogP contribution in [0.15, 0.2) is 0 Å². The fraction of sp³-hybridized carbons (Fsp3) is 0.833. The van der Waals surface area contributed by atoms with E-state index in [1.165, 1.54) is 7.05 Å². The molecule has 9 heavy (non-hydrogen) atoms. The SMILES string of the molecule is CNC(=O)[C@@H](O)C(C)C. The normalized spacial score (nSPS) is 13.4. The predicted octanol–water partition coefficient (Wildman–Crippen LogP) is -0.251. The lowest BCUT2D eigenvalue weighted by atomic mass is 10.1. The Kier molecular flexibility index (Phi) is 3.24. The van der Waals surface area contributed by atoms with Crippen LogP contribution in [0.25, 0.3) is 0 Å². The van der Waals surface area contributed by atoms with E-state index in [4.69, 9.17) is 5.11 Å². The fourth-order valence-electron chi connectivity index (χ4n) is 0.451. The fourth-order valence-corrected chi connectivity index (χ4v) is 0.451. The van der Waals surface area contributed by atoms with Gasteiger partial charge in [-0.05, 0) is 5.92 Å². The molecule has 54 valence electrons. The summed E-state index contributed by atoms with van der Waals surface area (Å²) in [7, 11) is 1.51. The number of aliphatic hydroxyl groups excluding tert-OH is 1. The molecule has 2 N–H and O–H groups in total. The number of hydrogen-bond donors (Lipinski definition) is 2. The Morgan fingerprint density at radius 1 is 1.56 bits per heavy atom. The molecule has 1 atom stereocenters. The van der Waals surface area contributed by atoms with Gasteiger partial charge in [-0.15, -0.1) is 0 Å². The average molecular weight is 131 g/mol. The zero-order valence-corrected chi connectivity index (χ0v) is 6.01. The number of hydrogen-bond acceptors (Lipinski definition) is 2. The van der Waals surface area contributed by atoms with Gasteiger partial charge in [0.05, 0.1) is 0 Å². The Labute approximate surface area is 55.1 Å². The summed E-state index contributed by atoms with van der Waals surface area (Å²) in [6.07, 6.45) is -0.866. The summed E-state index contributed by atoms with van der Waals surface area (Å²) in [6, 6.07) is 0. The van der Waals surface area contributed by atoms with E-state index in [0.717, 1.165) is 0 Å². The molecule has 0 aliphatic rings. The lowest BCUT2D eigenvalue weighted by molar-refractivity contribution is -0.130. The van der Waals surface area contributed by atoms with E-state index in [0.29, 0.717) is 0 Å². The number of amides is 1. The third-order valence-electron chi connectivity index (χ3n) is 1.15. The zero-order valence-electron chi connectivity index (χ0n) is 6.01. The van der Waals surface area contributed by atoms with Gasteiger partial charge in [0.15, 0.2) is 0 Å². The summed E-state index contributed by atoms with van der Waals surface area (Å²) < 4.78 is 0. The van der Waals surface area contributed by atoms with Crippen LogP contribution in [-0.2, 0) is 4.79 Å². The number of nitrogens with one attached hydrogen (secondary N) is 1. The van der Waals surface area contributed by atoms with Crippen molar-refractivity contribution in [1.82, 2.24) is 5.32 Å². The van der Waals surface area contributed by atoms with Crippen LogP contribution in [0.2, 0.25) is 0 Å². The monoisotopic (exact) mass is 131 g/mol. The maximum Gasteiger partial charge on any atom is 0.248 e. The van der Waals surface area contributed by atoms with Crippen LogP contribution in [0.3, 0.4) is 0 Å². The quantitative estimate of drug-likeness (QED) is 0.543. The second-order valence-corrected chi connectivity index (χ2v) is 2.30. The number of rotatable bonds is 2. The zero-order chi connectivity index (χ0) is 7.44. The highest BCUT2D eigenvalue weighted by atomic mass is 16.3. The molecule has 0 aromatic carbocycles. The minimum absolute atomic E-state index is 0.00931. The Balaban J connectivity index is 3.72. The van der Waals surface area contributed by atoms with Crippen LogP contribution in [0.4, 0.5) is 0 Å². The molecule has 0 aliphatic carbocycles. The van der Waals surface area contributed by atoms with Crippen LogP contribution >= 0.6 is 0 Å². The summed E-state index contributed by atoms with van der Waals surface area (Å²) in [5, 5.41) is 11.3. The van der Waals surface area contributed by atoms with Crippen LogP contribution in [0, 0.1) is 5.92 Å². The summed E-state index contributed by atoms with van der Waals surface area (Å²) in [4.78, 5) is 10.6. The molecule has 0 rings (SSSR count). The number of likely N-dealkylation sites (N-methyl/N-ethyl adjacent to an activating group) is 1. The molecule has 3 heteroatoms. The van der Waals surface area contributed by atoms with Gasteiger partial charge >= 0.3 is 0 Å². The Bertz CT molecular complexity index is 101. The third kappa shape index (κ3) is 2.46. The van der Waals surface area contributed by atoms with Crippen molar-refractivity contribution in [3.63, 3.8) is 0 Å². The molecule has 0 unspecified atom stereocenters. The van der Waals surface area contributed by atoms with Crippen LogP contribution in [-0.4, -0.2) is 24.2 Å². The second kappa shape index (κ2) is 3.45. The van der Waals surface area contributed by atoms with Crippen molar-refractivity contribution in [2.75, 3.05) is 7.05 Å². The van der Waals surface area contributed by atoms with E-state index in [1.807, 2.05) is 0 Å². The van der Waals surface area contributed by atoms with Crippen molar-refractivity contribution in [3.05, 3.63) is 0 Å². The minimum Gasteiger partial charge on any atom is -0.383 e. The van der Waals surface area contributed by atoms with Gasteiger partial charge in [-0.2, -0.15) is 0 Å². The van der Waals surface area contributed by atoms with Crippen molar-refractivity contribution in [2.24, 2.45) is 5.92 Å². The summed E-state index contributed by atoms with van der Waals surface area (Å²) in [6.45, 7) is 3.58. The summed E-state index contributed by atoms with van der Waals surface area (Å²) in [5.41, 5.74) is 0. The summed E-state index contributed by atoms with van der Waals surface area (Å²) in [5.74, 6) is -0.324. The first-order valence-electron chi connectivity index (χ1n) is 2.99. The molecule has 0 aromatic heterocycles. The second-order valence-electron chi connectivity index (χ2n) is 2.30. The highest BCUT2D eigenvalue weighted by Crippen LogP contribution is 1.99. The number of carbonyl (C=O) groups excluding carboxylic acids is 1. The molecule has 0 spiro atoms. The van der Waals surface area contributed by atoms with E-state index in [2.05, 4.69) is 5.32 Å². The van der Waals surface area contributed by atoms with Crippen molar-refractivity contribution < 1.29 is 9.90 Å². The first kappa shape index (κ1) is 8.43. The molecule has 0 saturated heterocycles. The van der Waals surface area contributed by atoms with Crippen molar-refractivity contribution in [1.29, 1.82) is 0 Å². The first-order valence-corrected chi connectivity index (χ1v) is 2.99. The minimum atomic E-state index is -0.866. The number of carbonyl (C=O) groups is 1. The van der Waals surface area contributed by atoms with E-state index >= 15 is 0 Å². The molecular formula is C6H13NO2. The molecule has 0 bridgehead atoms. The lowest BCUT2D eigenvalue weighted by Gasteiger charge is -2.11. The average Bonchev–Trinajstić information content (AvgIpc) is 1.84. The van der Waals surface area contributed by atoms with Gasteiger partial charge in [0.1, 0.15) is 6.10 Å². The molecule has 0 aromatic rings. The number of aliphatic hydroxyl groups is 1. The Hall–Kier alpha value is -0.570. The van der Waals surface area contributed by atoms with Gasteiger partial charge in [-0.3, -0.25) is 4.79 Å². The molecule has 1 amide bonds. The largest absolute Gasteiger partial charge is 0.383 e. The summed E-state index contributed by atoms with van der Waals surface area (Å²) >= 11 is 0. The molecule has 0 radical (unpaired) electrons. The maximum atomic E-state index is 10.6. The van der Waals surface area contributed by atoms with E-state index < -0.39 is 6.10 Å². The molecule has 3 nitrogen and oxygen atoms in total. The third-order valence-corrected chi connectivity index (χ3v) is 1.15. The van der Waals surface area contributed by atoms with E-state index in [1.54, 1.807) is 13.8 Å².